The van der Waals surface area contributed by atoms with Gasteiger partial charge in [-0.2, -0.15) is 0 Å². The first-order chi connectivity index (χ1) is 14.6. The molecule has 0 bridgehead atoms. The Morgan fingerprint density at radius 3 is 2.43 bits per heavy atom. The minimum Gasteiger partial charge on any atom is -0.355 e. The van der Waals surface area contributed by atoms with E-state index in [1.54, 1.807) is 7.05 Å². The third-order valence-corrected chi connectivity index (χ3v) is 7.15. The van der Waals surface area contributed by atoms with Crippen LogP contribution >= 0.6 is 0 Å². The van der Waals surface area contributed by atoms with Gasteiger partial charge in [0.15, 0.2) is 0 Å². The fourth-order valence-corrected chi connectivity index (χ4v) is 5.10. The fourth-order valence-electron chi connectivity index (χ4n) is 5.10. The highest BCUT2D eigenvalue weighted by atomic mass is 16.2. The van der Waals surface area contributed by atoms with Crippen molar-refractivity contribution in [2.45, 2.75) is 44.2 Å². The standard InChI is InChI=1S/C25H29N3O2/c1-26-24(29)18-7-5-17(6-8-18)19-9-10-23-20(15-19)11-14-28(25(23)30)22-12-13-27(16-22)21-3-2-4-21/h5-10,15,21-22H,2-4,11-14,16H2,1H3,(H,26,29)/t22-/m1/s1. The number of nitrogens with zero attached hydrogens (tertiary/aromatic N) is 2. The Bertz CT molecular complexity index is 965. The van der Waals surface area contributed by atoms with Crippen molar-refractivity contribution >= 4 is 11.8 Å². The molecule has 2 aromatic rings. The van der Waals surface area contributed by atoms with Crippen molar-refractivity contribution in [3.63, 3.8) is 0 Å². The van der Waals surface area contributed by atoms with Gasteiger partial charge < -0.3 is 10.2 Å². The molecule has 2 heterocycles. The summed E-state index contributed by atoms with van der Waals surface area (Å²) in [6.45, 7) is 2.99. The van der Waals surface area contributed by atoms with Crippen molar-refractivity contribution in [3.8, 4) is 11.1 Å². The monoisotopic (exact) mass is 403 g/mol. The smallest absolute Gasteiger partial charge is 0.254 e. The average molecular weight is 404 g/mol. The predicted molar refractivity (Wildman–Crippen MR) is 118 cm³/mol. The third-order valence-electron chi connectivity index (χ3n) is 7.15. The van der Waals surface area contributed by atoms with Crippen LogP contribution in [-0.4, -0.2) is 60.4 Å². The molecular formula is C25H29N3O2. The molecule has 30 heavy (non-hydrogen) atoms. The summed E-state index contributed by atoms with van der Waals surface area (Å²) in [5.74, 6) is 0.110. The van der Waals surface area contributed by atoms with Crippen molar-refractivity contribution in [2.24, 2.45) is 0 Å². The lowest BCUT2D eigenvalue weighted by atomic mass is 9.92. The van der Waals surface area contributed by atoms with Gasteiger partial charge in [-0.05, 0) is 60.6 Å². The van der Waals surface area contributed by atoms with Gasteiger partial charge in [0.1, 0.15) is 0 Å². The summed E-state index contributed by atoms with van der Waals surface area (Å²) >= 11 is 0. The van der Waals surface area contributed by atoms with Crippen LogP contribution in [0.2, 0.25) is 0 Å². The lowest BCUT2D eigenvalue weighted by Crippen LogP contribution is -2.47. The zero-order valence-electron chi connectivity index (χ0n) is 17.6. The number of nitrogens with one attached hydrogen (secondary N) is 1. The summed E-state index contributed by atoms with van der Waals surface area (Å²) in [7, 11) is 1.64. The van der Waals surface area contributed by atoms with E-state index in [0.29, 0.717) is 11.6 Å². The highest BCUT2D eigenvalue weighted by Gasteiger charge is 2.37. The first kappa shape index (κ1) is 19.3. The number of fused-ring (bicyclic) bond motifs is 1. The van der Waals surface area contributed by atoms with Gasteiger partial charge in [0.25, 0.3) is 11.8 Å². The average Bonchev–Trinajstić information content (AvgIpc) is 3.21. The van der Waals surface area contributed by atoms with Crippen LogP contribution in [0.1, 0.15) is 52.0 Å². The van der Waals surface area contributed by atoms with E-state index >= 15 is 0 Å². The Morgan fingerprint density at radius 1 is 0.967 bits per heavy atom. The molecule has 0 radical (unpaired) electrons. The summed E-state index contributed by atoms with van der Waals surface area (Å²) in [4.78, 5) is 29.7. The van der Waals surface area contributed by atoms with Crippen molar-refractivity contribution < 1.29 is 9.59 Å². The van der Waals surface area contributed by atoms with Crippen LogP contribution in [0.3, 0.4) is 0 Å². The number of rotatable bonds is 4. The summed E-state index contributed by atoms with van der Waals surface area (Å²) in [6.07, 6.45) is 6.03. The Balaban J connectivity index is 1.31. The van der Waals surface area contributed by atoms with Crippen LogP contribution in [-0.2, 0) is 6.42 Å². The van der Waals surface area contributed by atoms with Gasteiger partial charge >= 0.3 is 0 Å². The largest absolute Gasteiger partial charge is 0.355 e. The predicted octanol–water partition coefficient (Wildman–Crippen LogP) is 3.34. The first-order valence-corrected chi connectivity index (χ1v) is 11.1. The molecular weight excluding hydrogens is 374 g/mol. The molecule has 1 saturated carbocycles. The highest BCUT2D eigenvalue weighted by molar-refractivity contribution is 5.98. The molecule has 5 rings (SSSR count). The van der Waals surface area contributed by atoms with Crippen LogP contribution < -0.4 is 5.32 Å². The summed E-state index contributed by atoms with van der Waals surface area (Å²) in [5.41, 5.74) is 4.80. The zero-order chi connectivity index (χ0) is 20.7. The van der Waals surface area contributed by atoms with Gasteiger partial charge in [0, 0.05) is 49.9 Å². The second-order valence-corrected chi connectivity index (χ2v) is 8.80. The van der Waals surface area contributed by atoms with Gasteiger partial charge in [-0.15, -0.1) is 0 Å². The second kappa shape index (κ2) is 7.88. The van der Waals surface area contributed by atoms with Gasteiger partial charge in [0.05, 0.1) is 0 Å². The lowest BCUT2D eigenvalue weighted by Gasteiger charge is -2.37. The molecule has 0 unspecified atom stereocenters. The number of benzene rings is 2. The number of carbonyl (C=O) groups is 2. The topological polar surface area (TPSA) is 52.7 Å². The molecule has 3 aliphatic rings. The normalized spacial score (nSPS) is 22.0. The molecule has 2 aromatic carbocycles. The number of hydrogen-bond acceptors (Lipinski definition) is 3. The van der Waals surface area contributed by atoms with Crippen LogP contribution in [0.25, 0.3) is 11.1 Å². The molecule has 2 amide bonds. The van der Waals surface area contributed by atoms with Crippen LogP contribution in [0.5, 0.6) is 0 Å². The summed E-state index contributed by atoms with van der Waals surface area (Å²) in [5, 5.41) is 2.64. The maximum Gasteiger partial charge on any atom is 0.254 e. The Morgan fingerprint density at radius 2 is 1.73 bits per heavy atom. The van der Waals surface area contributed by atoms with E-state index in [0.717, 1.165) is 60.8 Å². The number of likely N-dealkylation sites (tertiary alicyclic amines) is 1. The molecule has 1 aliphatic carbocycles. The van der Waals surface area contributed by atoms with Gasteiger partial charge in [-0.3, -0.25) is 14.5 Å². The van der Waals surface area contributed by atoms with E-state index in [4.69, 9.17) is 0 Å². The Kier molecular flexibility index (Phi) is 5.07. The molecule has 5 heteroatoms. The Labute approximate surface area is 178 Å². The van der Waals surface area contributed by atoms with E-state index in [1.807, 2.05) is 36.4 Å². The lowest BCUT2D eigenvalue weighted by molar-refractivity contribution is 0.0646. The third kappa shape index (κ3) is 3.41. The minimum atomic E-state index is -0.0829. The summed E-state index contributed by atoms with van der Waals surface area (Å²) in [6, 6.07) is 14.9. The van der Waals surface area contributed by atoms with E-state index in [1.165, 1.54) is 19.3 Å². The maximum absolute atomic E-state index is 13.2. The Hall–Kier alpha value is -2.66. The van der Waals surface area contributed by atoms with Crippen molar-refractivity contribution in [3.05, 3.63) is 59.2 Å². The van der Waals surface area contributed by atoms with E-state index in [-0.39, 0.29) is 11.8 Å². The molecule has 1 saturated heterocycles. The molecule has 0 spiro atoms. The molecule has 5 nitrogen and oxygen atoms in total. The quantitative estimate of drug-likeness (QED) is 0.852. The van der Waals surface area contributed by atoms with Crippen molar-refractivity contribution in [2.75, 3.05) is 26.7 Å². The molecule has 2 fully saturated rings. The van der Waals surface area contributed by atoms with E-state index in [9.17, 15) is 9.59 Å². The fraction of sp³-hybridized carbons (Fsp3) is 0.440. The van der Waals surface area contributed by atoms with E-state index < -0.39 is 0 Å². The molecule has 1 N–H and O–H groups in total. The zero-order valence-corrected chi connectivity index (χ0v) is 17.6. The maximum atomic E-state index is 13.2. The van der Waals surface area contributed by atoms with Gasteiger partial charge in [0.2, 0.25) is 0 Å². The number of amides is 2. The minimum absolute atomic E-state index is 0.0829. The summed E-state index contributed by atoms with van der Waals surface area (Å²) < 4.78 is 0. The second-order valence-electron chi connectivity index (χ2n) is 8.80. The molecule has 156 valence electrons. The van der Waals surface area contributed by atoms with Gasteiger partial charge in [-0.1, -0.05) is 30.7 Å². The molecule has 0 aromatic heterocycles. The van der Waals surface area contributed by atoms with E-state index in [2.05, 4.69) is 21.2 Å². The first-order valence-electron chi connectivity index (χ1n) is 11.1. The highest BCUT2D eigenvalue weighted by Crippen LogP contribution is 2.32. The van der Waals surface area contributed by atoms with Crippen LogP contribution in [0, 0.1) is 0 Å². The molecule has 1 atom stereocenters. The molecule has 2 aliphatic heterocycles. The van der Waals surface area contributed by atoms with Crippen LogP contribution in [0.4, 0.5) is 0 Å². The number of hydrogen-bond donors (Lipinski definition) is 1. The van der Waals surface area contributed by atoms with Crippen LogP contribution in [0.15, 0.2) is 42.5 Å². The number of carbonyl (C=O) groups excluding carboxylic acids is 2. The van der Waals surface area contributed by atoms with Crippen molar-refractivity contribution in [1.29, 1.82) is 0 Å². The van der Waals surface area contributed by atoms with Gasteiger partial charge in [-0.25, -0.2) is 0 Å². The van der Waals surface area contributed by atoms with Crippen molar-refractivity contribution in [1.82, 2.24) is 15.1 Å². The SMILES string of the molecule is CNC(=O)c1ccc(-c2ccc3c(c2)CCN([C@@H]2CCN(C4CCC4)C2)C3=O)cc1.